The molecule has 2 heterocycles. The molecule has 10 heteroatoms. The summed E-state index contributed by atoms with van der Waals surface area (Å²) in [6.45, 7) is 1.62. The van der Waals surface area contributed by atoms with Crippen LogP contribution in [-0.2, 0) is 4.79 Å². The third-order valence-electron chi connectivity index (χ3n) is 5.45. The van der Waals surface area contributed by atoms with Crippen molar-refractivity contribution in [1.82, 2.24) is 14.9 Å². The number of rotatable bonds is 12. The lowest BCUT2D eigenvalue weighted by Gasteiger charge is -2.25. The number of carbonyl (C=O) groups excluding carboxylic acids is 1. The van der Waals surface area contributed by atoms with Gasteiger partial charge in [-0.25, -0.2) is 4.98 Å². The van der Waals surface area contributed by atoms with Crippen LogP contribution in [-0.4, -0.2) is 75.4 Å². The van der Waals surface area contributed by atoms with E-state index in [4.69, 9.17) is 10.1 Å². The van der Waals surface area contributed by atoms with Gasteiger partial charge >= 0.3 is 0 Å². The van der Waals surface area contributed by atoms with Crippen LogP contribution in [0.4, 0.5) is 28.6 Å². The van der Waals surface area contributed by atoms with Crippen LogP contribution in [0.25, 0.3) is 0 Å². The first-order valence-corrected chi connectivity index (χ1v) is 11.1. The van der Waals surface area contributed by atoms with Gasteiger partial charge in [-0.15, -0.1) is 0 Å². The number of nitrogens with one attached hydrogen (secondary N) is 4. The number of anilines is 5. The summed E-state index contributed by atoms with van der Waals surface area (Å²) in [6.07, 6.45) is 3.95. The van der Waals surface area contributed by atoms with Crippen LogP contribution in [0, 0.1) is 5.41 Å². The Bertz CT molecular complexity index is 1180. The first-order valence-electron chi connectivity index (χ1n) is 11.1. The Balaban J connectivity index is 1.92. The lowest BCUT2D eigenvalue weighted by Crippen LogP contribution is -2.29. The van der Waals surface area contributed by atoms with E-state index in [2.05, 4.69) is 35.7 Å². The predicted octanol–water partition coefficient (Wildman–Crippen LogP) is 3.25. The largest absolute Gasteiger partial charge is 0.494 e. The average molecular weight is 477 g/mol. The minimum atomic E-state index is 0.272. The third kappa shape index (κ3) is 6.24. The van der Waals surface area contributed by atoms with Crippen molar-refractivity contribution in [2.75, 3.05) is 69.2 Å². The van der Waals surface area contributed by atoms with E-state index in [1.807, 2.05) is 45.4 Å². The normalized spacial score (nSPS) is 10.6. The molecule has 10 nitrogen and oxygen atoms in total. The number of hydrogen-bond donors (Lipinski definition) is 4. The molecule has 0 bridgehead atoms. The second kappa shape index (κ2) is 11.8. The summed E-state index contributed by atoms with van der Waals surface area (Å²) in [5.41, 5.74) is 4.35. The monoisotopic (exact) mass is 476 g/mol. The van der Waals surface area contributed by atoms with Crippen molar-refractivity contribution in [2.24, 2.45) is 0 Å². The summed E-state index contributed by atoms with van der Waals surface area (Å²) < 4.78 is 5.64. The van der Waals surface area contributed by atoms with Gasteiger partial charge in [-0.3, -0.25) is 15.2 Å². The van der Waals surface area contributed by atoms with Crippen LogP contribution in [0.3, 0.4) is 0 Å². The van der Waals surface area contributed by atoms with Crippen molar-refractivity contribution in [2.45, 2.75) is 0 Å². The summed E-state index contributed by atoms with van der Waals surface area (Å²) in [4.78, 5) is 24.2. The molecule has 184 valence electrons. The molecule has 0 spiro atoms. The minimum absolute atomic E-state index is 0.272. The number of benzene rings is 1. The molecule has 0 atom stereocenters. The zero-order valence-electron chi connectivity index (χ0n) is 20.7. The fraction of sp³-hybridized carbons (Fsp3) is 0.280. The minimum Gasteiger partial charge on any atom is -0.494 e. The summed E-state index contributed by atoms with van der Waals surface area (Å²) in [6, 6.07) is 10.9. The Morgan fingerprint density at radius 3 is 2.54 bits per heavy atom. The molecule has 0 aliphatic heterocycles. The fourth-order valence-electron chi connectivity index (χ4n) is 3.54. The van der Waals surface area contributed by atoms with Crippen molar-refractivity contribution >= 4 is 40.7 Å². The topological polar surface area (TPSA) is 118 Å². The van der Waals surface area contributed by atoms with E-state index in [0.29, 0.717) is 40.6 Å². The zero-order valence-corrected chi connectivity index (χ0v) is 20.7. The fourth-order valence-corrected chi connectivity index (χ4v) is 3.54. The van der Waals surface area contributed by atoms with E-state index in [-0.39, 0.29) is 5.71 Å². The van der Waals surface area contributed by atoms with E-state index in [9.17, 15) is 4.79 Å². The van der Waals surface area contributed by atoms with Gasteiger partial charge in [-0.2, -0.15) is 0 Å². The Labute approximate surface area is 205 Å². The molecule has 35 heavy (non-hydrogen) atoms. The Hall–Kier alpha value is -4.18. The number of hydrogen-bond acceptors (Lipinski definition) is 9. The first kappa shape index (κ1) is 25.4. The highest BCUT2D eigenvalue weighted by atomic mass is 16.5. The molecule has 0 unspecified atom stereocenters. The molecule has 0 aliphatic carbocycles. The van der Waals surface area contributed by atoms with Gasteiger partial charge in [0.1, 0.15) is 17.3 Å². The number of likely N-dealkylation sites (N-methyl/N-ethyl adjacent to an activating group) is 2. The second-order valence-electron chi connectivity index (χ2n) is 8.14. The van der Waals surface area contributed by atoms with Crippen LogP contribution in [0.2, 0.25) is 0 Å². The van der Waals surface area contributed by atoms with Gasteiger partial charge in [0.25, 0.3) is 0 Å². The molecule has 3 rings (SSSR count). The number of amides is 1. The zero-order chi connectivity index (χ0) is 25.4. The number of aromatic nitrogens is 2. The van der Waals surface area contributed by atoms with Crippen molar-refractivity contribution in [3.63, 3.8) is 0 Å². The number of carbonyl (C=O) groups is 1. The molecular formula is C25H32N8O2. The molecule has 0 saturated carbocycles. The molecular weight excluding hydrogens is 444 g/mol. The van der Waals surface area contributed by atoms with E-state index in [1.165, 1.54) is 0 Å². The maximum absolute atomic E-state index is 11.3. The van der Waals surface area contributed by atoms with E-state index >= 15 is 0 Å². The Morgan fingerprint density at radius 1 is 1.06 bits per heavy atom. The first-order chi connectivity index (χ1) is 16.9. The molecule has 0 fully saturated rings. The molecule has 1 amide bonds. The van der Waals surface area contributed by atoms with Gasteiger partial charge in [0.15, 0.2) is 0 Å². The van der Waals surface area contributed by atoms with Crippen LogP contribution in [0.15, 0.2) is 48.8 Å². The van der Waals surface area contributed by atoms with E-state index in [0.717, 1.165) is 24.5 Å². The standard InChI is InChI=1S/C25H32N8O2/c1-27-18-7-6-9-29-25(18)24(26)17-8-10-28-23(13-17)31-20-14-19(30-16-34)21(15-22(20)35-5)33(4)12-11-32(2)3/h6-10,13-16,26-27H,11-12H2,1-5H3,(H,28,31)(H,30,34). The highest BCUT2D eigenvalue weighted by Gasteiger charge is 2.16. The number of pyridine rings is 2. The molecule has 1 aromatic carbocycles. The smallest absolute Gasteiger partial charge is 0.211 e. The number of ether oxygens (including phenoxy) is 1. The van der Waals surface area contributed by atoms with Crippen LogP contribution < -0.4 is 25.6 Å². The summed E-state index contributed by atoms with van der Waals surface area (Å²) in [5, 5.41) is 17.8. The molecule has 0 aliphatic rings. The number of methoxy groups -OCH3 is 1. The van der Waals surface area contributed by atoms with Gasteiger partial charge in [0, 0.05) is 51.2 Å². The maximum Gasteiger partial charge on any atom is 0.211 e. The lowest BCUT2D eigenvalue weighted by molar-refractivity contribution is -0.105. The average Bonchev–Trinajstić information content (AvgIpc) is 2.87. The van der Waals surface area contributed by atoms with Crippen molar-refractivity contribution in [1.29, 1.82) is 5.41 Å². The van der Waals surface area contributed by atoms with Crippen molar-refractivity contribution in [3.8, 4) is 5.75 Å². The van der Waals surface area contributed by atoms with Gasteiger partial charge in [-0.05, 0) is 44.4 Å². The lowest BCUT2D eigenvalue weighted by atomic mass is 10.1. The highest BCUT2D eigenvalue weighted by molar-refractivity contribution is 6.13. The molecule has 0 radical (unpaired) electrons. The van der Waals surface area contributed by atoms with Crippen LogP contribution >= 0.6 is 0 Å². The van der Waals surface area contributed by atoms with Gasteiger partial charge in [0.05, 0.1) is 35.6 Å². The molecule has 0 saturated heterocycles. The molecule has 2 aromatic heterocycles. The van der Waals surface area contributed by atoms with Crippen LogP contribution in [0.5, 0.6) is 5.75 Å². The van der Waals surface area contributed by atoms with Gasteiger partial charge < -0.3 is 30.5 Å². The van der Waals surface area contributed by atoms with Gasteiger partial charge in [-0.1, -0.05) is 0 Å². The molecule has 4 N–H and O–H groups in total. The highest BCUT2D eigenvalue weighted by Crippen LogP contribution is 2.37. The number of nitrogens with zero attached hydrogens (tertiary/aromatic N) is 4. The second-order valence-corrected chi connectivity index (χ2v) is 8.14. The van der Waals surface area contributed by atoms with Crippen molar-refractivity contribution in [3.05, 3.63) is 60.0 Å². The summed E-state index contributed by atoms with van der Waals surface area (Å²) >= 11 is 0. The third-order valence-corrected chi connectivity index (χ3v) is 5.45. The predicted molar refractivity (Wildman–Crippen MR) is 142 cm³/mol. The Morgan fingerprint density at radius 2 is 1.86 bits per heavy atom. The Kier molecular flexibility index (Phi) is 8.58. The van der Waals surface area contributed by atoms with E-state index < -0.39 is 0 Å². The molecule has 3 aromatic rings. The quantitative estimate of drug-likeness (QED) is 0.232. The van der Waals surface area contributed by atoms with Crippen molar-refractivity contribution < 1.29 is 9.53 Å². The summed E-state index contributed by atoms with van der Waals surface area (Å²) in [5.74, 6) is 1.12. The SMILES string of the molecule is CNc1cccnc1C(=N)c1ccnc(Nc2cc(NC=O)c(N(C)CCN(C)C)cc2OC)c1. The summed E-state index contributed by atoms with van der Waals surface area (Å²) in [7, 11) is 9.39. The van der Waals surface area contributed by atoms with E-state index in [1.54, 1.807) is 38.7 Å². The van der Waals surface area contributed by atoms with Crippen LogP contribution in [0.1, 0.15) is 11.3 Å². The maximum atomic E-state index is 11.3. The van der Waals surface area contributed by atoms with Gasteiger partial charge in [0.2, 0.25) is 6.41 Å².